The van der Waals surface area contributed by atoms with Crippen LogP contribution in [-0.4, -0.2) is 0 Å². The standard InChI is InChI=1S/C51H35NO2/c1-51(2)42-21-11-8-17-36(42)37-26-24-33(30-43(37)51)52(34-25-27-39-38-18-9-12-22-45(38)54-48(39)31-34)44-28-29-47-50(41-20-10-13-23-46(41)53-47)49(44)40-19-7-6-16-35(40)32-14-4-3-5-15-32/h3-31H,1-2H3. The van der Waals surface area contributed by atoms with Crippen LogP contribution in [0.15, 0.2) is 185 Å². The van der Waals surface area contributed by atoms with E-state index in [4.69, 9.17) is 8.83 Å². The molecule has 256 valence electrons. The van der Waals surface area contributed by atoms with Crippen LogP contribution in [0.5, 0.6) is 0 Å². The maximum atomic E-state index is 6.59. The van der Waals surface area contributed by atoms with Gasteiger partial charge in [0.25, 0.3) is 0 Å². The molecule has 1 aliphatic rings. The molecule has 0 aliphatic heterocycles. The van der Waals surface area contributed by atoms with Gasteiger partial charge < -0.3 is 13.7 Å². The van der Waals surface area contributed by atoms with E-state index in [9.17, 15) is 0 Å². The Morgan fingerprint density at radius 2 is 1.00 bits per heavy atom. The Bertz CT molecular complexity index is 3090. The minimum Gasteiger partial charge on any atom is -0.456 e. The number of benzene rings is 8. The van der Waals surface area contributed by atoms with Crippen LogP contribution in [-0.2, 0) is 5.41 Å². The van der Waals surface area contributed by atoms with Gasteiger partial charge in [-0.3, -0.25) is 0 Å². The lowest BCUT2D eigenvalue weighted by atomic mass is 9.82. The van der Waals surface area contributed by atoms with Crippen LogP contribution in [0, 0.1) is 0 Å². The molecule has 0 amide bonds. The van der Waals surface area contributed by atoms with Gasteiger partial charge in [0.1, 0.15) is 22.3 Å². The number of furan rings is 2. The predicted molar refractivity (Wildman–Crippen MR) is 224 cm³/mol. The fraction of sp³-hybridized carbons (Fsp3) is 0.0588. The van der Waals surface area contributed by atoms with Gasteiger partial charge in [-0.25, -0.2) is 0 Å². The average Bonchev–Trinajstić information content (AvgIpc) is 3.86. The molecule has 3 nitrogen and oxygen atoms in total. The van der Waals surface area contributed by atoms with Crippen molar-refractivity contribution in [2.45, 2.75) is 19.3 Å². The molecule has 0 saturated carbocycles. The molecule has 2 aromatic heterocycles. The van der Waals surface area contributed by atoms with Crippen LogP contribution in [0.25, 0.3) is 77.3 Å². The van der Waals surface area contributed by atoms with Gasteiger partial charge >= 0.3 is 0 Å². The summed E-state index contributed by atoms with van der Waals surface area (Å²) in [4.78, 5) is 2.42. The van der Waals surface area contributed by atoms with E-state index in [1.54, 1.807) is 0 Å². The number of para-hydroxylation sites is 2. The number of rotatable bonds is 5. The Morgan fingerprint density at radius 1 is 0.407 bits per heavy atom. The SMILES string of the molecule is CC1(C)c2ccccc2-c2ccc(N(c3ccc4c(c3)oc3ccccc34)c3ccc4oc5ccccc5c4c3-c3ccccc3-c3ccccc3)cc21. The predicted octanol–water partition coefficient (Wildman–Crippen LogP) is 14.6. The minimum absolute atomic E-state index is 0.163. The average molecular weight is 694 g/mol. The third kappa shape index (κ3) is 4.48. The summed E-state index contributed by atoms with van der Waals surface area (Å²) in [6.07, 6.45) is 0. The smallest absolute Gasteiger partial charge is 0.137 e. The van der Waals surface area contributed by atoms with E-state index in [0.717, 1.165) is 83.2 Å². The summed E-state index contributed by atoms with van der Waals surface area (Å²) in [6, 6.07) is 63.0. The highest BCUT2D eigenvalue weighted by Crippen LogP contribution is 2.53. The highest BCUT2D eigenvalue weighted by Gasteiger charge is 2.36. The Labute approximate surface area is 313 Å². The molecular weight excluding hydrogens is 659 g/mol. The Kier molecular flexibility index (Phi) is 6.60. The first-order valence-corrected chi connectivity index (χ1v) is 18.6. The summed E-state index contributed by atoms with van der Waals surface area (Å²) in [6.45, 7) is 4.69. The number of hydrogen-bond donors (Lipinski definition) is 0. The van der Waals surface area contributed by atoms with Crippen molar-refractivity contribution in [2.24, 2.45) is 0 Å². The lowest BCUT2D eigenvalue weighted by molar-refractivity contribution is 0.660. The lowest BCUT2D eigenvalue weighted by Crippen LogP contribution is -2.17. The van der Waals surface area contributed by atoms with Crippen molar-refractivity contribution in [3.05, 3.63) is 187 Å². The van der Waals surface area contributed by atoms with Gasteiger partial charge in [0.05, 0.1) is 5.69 Å². The van der Waals surface area contributed by atoms with E-state index in [2.05, 4.69) is 176 Å². The number of hydrogen-bond acceptors (Lipinski definition) is 3. The summed E-state index contributed by atoms with van der Waals surface area (Å²) >= 11 is 0. The van der Waals surface area contributed by atoms with Gasteiger partial charge in [-0.1, -0.05) is 135 Å². The van der Waals surface area contributed by atoms with Crippen molar-refractivity contribution in [1.29, 1.82) is 0 Å². The fourth-order valence-electron chi connectivity index (χ4n) is 8.95. The number of anilines is 3. The molecule has 1 aliphatic carbocycles. The molecular formula is C51H35NO2. The summed E-state index contributed by atoms with van der Waals surface area (Å²) in [5, 5.41) is 4.40. The van der Waals surface area contributed by atoms with E-state index in [1.807, 2.05) is 18.2 Å². The molecule has 8 aromatic carbocycles. The molecule has 0 bridgehead atoms. The van der Waals surface area contributed by atoms with Crippen molar-refractivity contribution >= 4 is 60.9 Å². The zero-order valence-corrected chi connectivity index (χ0v) is 30.0. The van der Waals surface area contributed by atoms with Crippen molar-refractivity contribution < 1.29 is 8.83 Å². The summed E-state index contributed by atoms with van der Waals surface area (Å²) in [5.41, 5.74) is 16.3. The molecule has 0 radical (unpaired) electrons. The fourth-order valence-corrected chi connectivity index (χ4v) is 8.95. The lowest BCUT2D eigenvalue weighted by Gasteiger charge is -2.30. The van der Waals surface area contributed by atoms with E-state index < -0.39 is 0 Å². The van der Waals surface area contributed by atoms with Crippen LogP contribution in [0.3, 0.4) is 0 Å². The zero-order chi connectivity index (χ0) is 36.0. The maximum absolute atomic E-state index is 6.59. The molecule has 11 rings (SSSR count). The number of fused-ring (bicyclic) bond motifs is 9. The summed E-state index contributed by atoms with van der Waals surface area (Å²) < 4.78 is 13.1. The van der Waals surface area contributed by atoms with Crippen LogP contribution < -0.4 is 4.90 Å². The second-order valence-electron chi connectivity index (χ2n) is 14.9. The molecule has 0 fully saturated rings. The second kappa shape index (κ2) is 11.6. The number of nitrogens with zero attached hydrogens (tertiary/aromatic N) is 1. The van der Waals surface area contributed by atoms with Crippen LogP contribution in [0.1, 0.15) is 25.0 Å². The van der Waals surface area contributed by atoms with Crippen LogP contribution in [0.4, 0.5) is 17.1 Å². The molecule has 3 heteroatoms. The van der Waals surface area contributed by atoms with Crippen LogP contribution in [0.2, 0.25) is 0 Å². The molecule has 0 N–H and O–H groups in total. The van der Waals surface area contributed by atoms with Gasteiger partial charge in [0.15, 0.2) is 0 Å². The third-order valence-corrected chi connectivity index (χ3v) is 11.5. The molecule has 54 heavy (non-hydrogen) atoms. The van der Waals surface area contributed by atoms with E-state index in [0.29, 0.717) is 0 Å². The normalized spacial score (nSPS) is 13.1. The first-order valence-electron chi connectivity index (χ1n) is 18.6. The Morgan fingerprint density at radius 3 is 1.83 bits per heavy atom. The van der Waals surface area contributed by atoms with E-state index >= 15 is 0 Å². The second-order valence-corrected chi connectivity index (χ2v) is 14.9. The third-order valence-electron chi connectivity index (χ3n) is 11.5. The minimum atomic E-state index is -0.163. The van der Waals surface area contributed by atoms with E-state index in [1.165, 1.54) is 22.3 Å². The van der Waals surface area contributed by atoms with Gasteiger partial charge in [-0.15, -0.1) is 0 Å². The van der Waals surface area contributed by atoms with Gasteiger partial charge in [-0.05, 0) is 87.5 Å². The highest BCUT2D eigenvalue weighted by molar-refractivity contribution is 6.18. The van der Waals surface area contributed by atoms with Gasteiger partial charge in [0, 0.05) is 50.0 Å². The molecule has 2 heterocycles. The monoisotopic (exact) mass is 693 g/mol. The zero-order valence-electron chi connectivity index (χ0n) is 30.0. The van der Waals surface area contributed by atoms with Crippen LogP contribution >= 0.6 is 0 Å². The molecule has 0 unspecified atom stereocenters. The Hall–Kier alpha value is -6.84. The molecule has 0 atom stereocenters. The van der Waals surface area contributed by atoms with Gasteiger partial charge in [0.2, 0.25) is 0 Å². The molecule has 0 saturated heterocycles. The Balaban J connectivity index is 1.24. The first-order chi connectivity index (χ1) is 26.5. The van der Waals surface area contributed by atoms with Crippen molar-refractivity contribution in [1.82, 2.24) is 0 Å². The van der Waals surface area contributed by atoms with Crippen molar-refractivity contribution in [3.63, 3.8) is 0 Å². The summed E-state index contributed by atoms with van der Waals surface area (Å²) in [7, 11) is 0. The maximum Gasteiger partial charge on any atom is 0.137 e. The molecule has 0 spiro atoms. The first kappa shape index (κ1) is 30.8. The largest absolute Gasteiger partial charge is 0.456 e. The van der Waals surface area contributed by atoms with Crippen molar-refractivity contribution in [3.8, 4) is 33.4 Å². The quantitative estimate of drug-likeness (QED) is 0.180. The summed E-state index contributed by atoms with van der Waals surface area (Å²) in [5.74, 6) is 0. The molecule has 10 aromatic rings. The van der Waals surface area contributed by atoms with Gasteiger partial charge in [-0.2, -0.15) is 0 Å². The van der Waals surface area contributed by atoms with E-state index in [-0.39, 0.29) is 5.41 Å². The highest BCUT2D eigenvalue weighted by atomic mass is 16.3. The van der Waals surface area contributed by atoms with Crippen molar-refractivity contribution in [2.75, 3.05) is 4.90 Å². The topological polar surface area (TPSA) is 29.5 Å².